The summed E-state index contributed by atoms with van der Waals surface area (Å²) in [5.41, 5.74) is 0.326. The quantitative estimate of drug-likeness (QED) is 0.415. The van der Waals surface area contributed by atoms with Crippen LogP contribution in [0.1, 0.15) is 64.5 Å². The maximum absolute atomic E-state index is 11.0. The third-order valence-corrected chi connectivity index (χ3v) is 5.59. The summed E-state index contributed by atoms with van der Waals surface area (Å²) < 4.78 is 10.2. The highest BCUT2D eigenvalue weighted by Gasteiger charge is 2.31. The Labute approximate surface area is 167 Å². The van der Waals surface area contributed by atoms with Crippen molar-refractivity contribution < 1.29 is 29.3 Å². The number of phenolic OH excluding ortho intramolecular Hbond substituents is 2. The highest BCUT2D eigenvalue weighted by atomic mass is 16.5. The van der Waals surface area contributed by atoms with E-state index in [9.17, 15) is 19.8 Å². The van der Waals surface area contributed by atoms with Crippen LogP contribution < -0.4 is 0 Å². The molecule has 1 rings (SSSR count). The van der Waals surface area contributed by atoms with Crippen molar-refractivity contribution in [2.24, 2.45) is 0 Å². The van der Waals surface area contributed by atoms with E-state index >= 15 is 0 Å². The van der Waals surface area contributed by atoms with Crippen LogP contribution >= 0.6 is 0 Å². The number of carbonyl (C=O) groups excluding carboxylic acids is 2. The van der Waals surface area contributed by atoms with E-state index < -0.39 is 23.0 Å². The highest BCUT2D eigenvalue weighted by Crippen LogP contribution is 2.43. The molecule has 1 aromatic carbocycles. The van der Waals surface area contributed by atoms with Gasteiger partial charge in [-0.1, -0.05) is 27.7 Å². The van der Waals surface area contributed by atoms with Crippen molar-refractivity contribution in [1.29, 1.82) is 0 Å². The smallest absolute Gasteiger partial charge is 0.148 e. The predicted octanol–water partition coefficient (Wildman–Crippen LogP) is 3.64. The van der Waals surface area contributed by atoms with Gasteiger partial charge in [-0.25, -0.2) is 0 Å². The lowest BCUT2D eigenvalue weighted by Crippen LogP contribution is -2.24. The fourth-order valence-electron chi connectivity index (χ4n) is 3.42. The van der Waals surface area contributed by atoms with Crippen LogP contribution in [-0.4, -0.2) is 49.2 Å². The van der Waals surface area contributed by atoms with Gasteiger partial charge in [-0.3, -0.25) is 0 Å². The molecule has 2 N–H and O–H groups in total. The monoisotopic (exact) mass is 394 g/mol. The molecule has 0 aliphatic rings. The molecular formula is C22H34O6. The van der Waals surface area contributed by atoms with Crippen molar-refractivity contribution in [2.45, 2.75) is 76.4 Å². The van der Waals surface area contributed by atoms with Gasteiger partial charge in [-0.05, 0) is 48.6 Å². The van der Waals surface area contributed by atoms with Gasteiger partial charge in [0.25, 0.3) is 0 Å². The summed E-state index contributed by atoms with van der Waals surface area (Å²) in [5.74, 6) is 0.203. The van der Waals surface area contributed by atoms with Gasteiger partial charge in [0, 0.05) is 25.3 Å². The third-order valence-electron chi connectivity index (χ3n) is 5.59. The molecule has 158 valence electrons. The molecule has 0 fully saturated rings. The fourth-order valence-corrected chi connectivity index (χ4v) is 3.42. The van der Waals surface area contributed by atoms with Crippen LogP contribution in [0, 0.1) is 0 Å². The number of hydrogen-bond donors (Lipinski definition) is 2. The number of aromatic hydroxyl groups is 2. The van der Waals surface area contributed by atoms with Gasteiger partial charge in [-0.15, -0.1) is 0 Å². The normalized spacial score (nSPS) is 14.5. The van der Waals surface area contributed by atoms with Crippen molar-refractivity contribution >= 4 is 12.6 Å². The average Bonchev–Trinajstić information content (AvgIpc) is 2.64. The number of ether oxygens (including phenoxy) is 2. The lowest BCUT2D eigenvalue weighted by atomic mass is 9.75. The van der Waals surface area contributed by atoms with E-state index in [1.54, 1.807) is 12.1 Å². The van der Waals surface area contributed by atoms with Crippen LogP contribution in [0.3, 0.4) is 0 Å². The van der Waals surface area contributed by atoms with E-state index in [-0.39, 0.29) is 11.5 Å². The van der Waals surface area contributed by atoms with Crippen LogP contribution in [0.5, 0.6) is 11.5 Å². The maximum atomic E-state index is 11.0. The number of methoxy groups -OCH3 is 2. The Morgan fingerprint density at radius 3 is 1.39 bits per heavy atom. The Morgan fingerprint density at radius 2 is 1.14 bits per heavy atom. The lowest BCUT2D eigenvalue weighted by molar-refractivity contribution is -0.117. The Balaban J connectivity index is 3.08. The second-order valence-corrected chi connectivity index (χ2v) is 8.55. The lowest BCUT2D eigenvalue weighted by Gasteiger charge is -2.31. The van der Waals surface area contributed by atoms with Crippen molar-refractivity contribution in [3.05, 3.63) is 23.3 Å². The molecule has 1 aromatic rings. The van der Waals surface area contributed by atoms with Gasteiger partial charge < -0.3 is 29.3 Å². The molecular weight excluding hydrogens is 360 g/mol. The number of benzene rings is 1. The first kappa shape index (κ1) is 24.1. The van der Waals surface area contributed by atoms with Crippen molar-refractivity contribution in [3.63, 3.8) is 0 Å². The minimum absolute atomic E-state index is 0.102. The van der Waals surface area contributed by atoms with Crippen LogP contribution in [0.2, 0.25) is 0 Å². The van der Waals surface area contributed by atoms with Gasteiger partial charge in [-0.2, -0.15) is 0 Å². The number of aldehydes is 2. The third kappa shape index (κ3) is 6.04. The fraction of sp³-hybridized carbons (Fsp3) is 0.636. The molecule has 0 bridgehead atoms. The number of carbonyl (C=O) groups is 2. The Kier molecular flexibility index (Phi) is 8.64. The summed E-state index contributed by atoms with van der Waals surface area (Å²) in [5, 5.41) is 21.3. The Bertz CT molecular complexity index is 607. The molecule has 0 aliphatic carbocycles. The molecule has 0 spiro atoms. The molecule has 2 unspecified atom stereocenters. The standard InChI is InChI=1S/C22H34O6/c1-21(2,9-7-15(13-23)27-5)17-11-20(26)18(12-19(17)25)22(3,4)10-8-16(14-24)28-6/h11-16,25-26H,7-10H2,1-6H3. The number of phenols is 2. The summed E-state index contributed by atoms with van der Waals surface area (Å²) in [4.78, 5) is 21.9. The maximum Gasteiger partial charge on any atom is 0.148 e. The molecule has 0 radical (unpaired) electrons. The van der Waals surface area contributed by atoms with E-state index in [2.05, 4.69) is 0 Å². The molecule has 6 heteroatoms. The van der Waals surface area contributed by atoms with Gasteiger partial charge in [0.15, 0.2) is 0 Å². The number of hydrogen-bond acceptors (Lipinski definition) is 6. The Hall–Kier alpha value is -1.92. The first-order chi connectivity index (χ1) is 13.0. The van der Waals surface area contributed by atoms with E-state index in [0.717, 1.165) is 12.6 Å². The molecule has 6 nitrogen and oxygen atoms in total. The molecule has 28 heavy (non-hydrogen) atoms. The summed E-state index contributed by atoms with van der Waals surface area (Å²) in [6, 6.07) is 3.20. The Morgan fingerprint density at radius 1 is 0.821 bits per heavy atom. The zero-order valence-corrected chi connectivity index (χ0v) is 17.8. The summed E-state index contributed by atoms with van der Waals surface area (Å²) in [6.07, 6.45) is 2.82. The molecule has 0 amide bonds. The highest BCUT2D eigenvalue weighted by molar-refractivity contribution is 5.56. The second kappa shape index (κ2) is 10.0. The van der Waals surface area contributed by atoms with E-state index in [1.165, 1.54) is 14.2 Å². The van der Waals surface area contributed by atoms with Crippen LogP contribution in [0.25, 0.3) is 0 Å². The van der Waals surface area contributed by atoms with Gasteiger partial charge in [0.05, 0.1) is 0 Å². The summed E-state index contributed by atoms with van der Waals surface area (Å²) in [6.45, 7) is 7.82. The van der Waals surface area contributed by atoms with E-state index in [1.807, 2.05) is 27.7 Å². The first-order valence-electron chi connectivity index (χ1n) is 9.55. The first-order valence-corrected chi connectivity index (χ1v) is 9.55. The zero-order chi connectivity index (χ0) is 21.5. The second-order valence-electron chi connectivity index (χ2n) is 8.55. The van der Waals surface area contributed by atoms with E-state index in [0.29, 0.717) is 36.8 Å². The van der Waals surface area contributed by atoms with Gasteiger partial charge in [0.1, 0.15) is 36.3 Å². The SMILES string of the molecule is COC(C=O)CCC(C)(C)c1cc(O)c(C(C)(C)CCC(C=O)OC)cc1O. The van der Waals surface area contributed by atoms with Crippen LogP contribution in [-0.2, 0) is 29.9 Å². The minimum atomic E-state index is -0.486. The van der Waals surface area contributed by atoms with Crippen molar-refractivity contribution in [2.75, 3.05) is 14.2 Å². The van der Waals surface area contributed by atoms with Crippen LogP contribution in [0.4, 0.5) is 0 Å². The summed E-state index contributed by atoms with van der Waals surface area (Å²) >= 11 is 0. The zero-order valence-electron chi connectivity index (χ0n) is 17.8. The van der Waals surface area contributed by atoms with Crippen molar-refractivity contribution in [1.82, 2.24) is 0 Å². The molecule has 0 aromatic heterocycles. The van der Waals surface area contributed by atoms with Crippen LogP contribution in [0.15, 0.2) is 12.1 Å². The van der Waals surface area contributed by atoms with Crippen molar-refractivity contribution in [3.8, 4) is 11.5 Å². The molecule has 0 saturated heterocycles. The number of rotatable bonds is 12. The van der Waals surface area contributed by atoms with E-state index in [4.69, 9.17) is 9.47 Å². The molecule has 0 heterocycles. The molecule has 0 saturated carbocycles. The average molecular weight is 395 g/mol. The minimum Gasteiger partial charge on any atom is -0.508 e. The van der Waals surface area contributed by atoms with Gasteiger partial charge in [0.2, 0.25) is 0 Å². The molecule has 0 aliphatic heterocycles. The van der Waals surface area contributed by atoms with Gasteiger partial charge >= 0.3 is 0 Å². The summed E-state index contributed by atoms with van der Waals surface area (Å²) in [7, 11) is 2.98. The molecule has 2 atom stereocenters. The largest absolute Gasteiger partial charge is 0.508 e. The topological polar surface area (TPSA) is 93.1 Å². The predicted molar refractivity (Wildman–Crippen MR) is 108 cm³/mol.